The summed E-state index contributed by atoms with van der Waals surface area (Å²) in [4.78, 5) is 31.2. The molecule has 0 atom stereocenters. The highest BCUT2D eigenvalue weighted by molar-refractivity contribution is 5.85. The third-order valence-corrected chi connectivity index (χ3v) is 5.92. The van der Waals surface area contributed by atoms with E-state index in [1.165, 1.54) is 0 Å². The summed E-state index contributed by atoms with van der Waals surface area (Å²) in [5, 5.41) is 3.30. The predicted octanol–water partition coefficient (Wildman–Crippen LogP) is 2.58. The van der Waals surface area contributed by atoms with Crippen LogP contribution in [-0.2, 0) is 11.3 Å². The highest BCUT2D eigenvalue weighted by Crippen LogP contribution is 2.23. The van der Waals surface area contributed by atoms with Gasteiger partial charge in [0.1, 0.15) is 0 Å². The molecule has 0 saturated carbocycles. The van der Waals surface area contributed by atoms with Crippen molar-refractivity contribution in [3.8, 4) is 0 Å². The standard InChI is InChI=1S/C21H32N4O2.ClH/c1-22-19-10-14-24(15-11-19)20(26)18-8-12-25(13-9-18)21(27)23(2)16-17-6-4-3-5-7-17;/h3-7,18-19,22H,8-16H2,1-2H3;1H. The molecule has 2 heterocycles. The van der Waals surface area contributed by atoms with Crippen LogP contribution in [0.15, 0.2) is 30.3 Å². The van der Waals surface area contributed by atoms with E-state index < -0.39 is 0 Å². The van der Waals surface area contributed by atoms with Gasteiger partial charge in [-0.3, -0.25) is 4.79 Å². The van der Waals surface area contributed by atoms with Crippen LogP contribution in [0.5, 0.6) is 0 Å². The zero-order valence-corrected chi connectivity index (χ0v) is 17.8. The number of halogens is 1. The molecule has 2 aliphatic heterocycles. The topological polar surface area (TPSA) is 55.9 Å². The normalized spacial score (nSPS) is 18.5. The molecule has 0 unspecified atom stereocenters. The van der Waals surface area contributed by atoms with Gasteiger partial charge in [0.2, 0.25) is 5.91 Å². The van der Waals surface area contributed by atoms with Crippen molar-refractivity contribution in [2.75, 3.05) is 40.3 Å². The van der Waals surface area contributed by atoms with Gasteiger partial charge in [0.05, 0.1) is 0 Å². The summed E-state index contributed by atoms with van der Waals surface area (Å²) < 4.78 is 0. The van der Waals surface area contributed by atoms with E-state index in [0.717, 1.165) is 44.3 Å². The Morgan fingerprint density at radius 2 is 1.57 bits per heavy atom. The van der Waals surface area contributed by atoms with Crippen LogP contribution in [0, 0.1) is 5.92 Å². The first-order valence-corrected chi connectivity index (χ1v) is 10.1. The van der Waals surface area contributed by atoms with E-state index in [2.05, 4.69) is 5.32 Å². The highest BCUT2D eigenvalue weighted by atomic mass is 35.5. The molecule has 0 spiro atoms. The lowest BCUT2D eigenvalue weighted by molar-refractivity contribution is -0.138. The van der Waals surface area contributed by atoms with Gasteiger partial charge in [0.15, 0.2) is 0 Å². The Morgan fingerprint density at radius 1 is 1.00 bits per heavy atom. The molecule has 0 radical (unpaired) electrons. The molecule has 0 bridgehead atoms. The number of carbonyl (C=O) groups excluding carboxylic acids is 2. The van der Waals surface area contributed by atoms with Gasteiger partial charge in [-0.15, -0.1) is 12.4 Å². The van der Waals surface area contributed by atoms with E-state index in [9.17, 15) is 9.59 Å². The number of nitrogens with zero attached hydrogens (tertiary/aromatic N) is 3. The van der Waals surface area contributed by atoms with E-state index >= 15 is 0 Å². The van der Waals surface area contributed by atoms with Gasteiger partial charge in [-0.25, -0.2) is 4.79 Å². The Hall–Kier alpha value is -1.79. The molecule has 2 fully saturated rings. The molecular weight excluding hydrogens is 376 g/mol. The molecule has 3 rings (SSSR count). The second-order valence-corrected chi connectivity index (χ2v) is 7.77. The molecular formula is C21H33ClN4O2. The lowest BCUT2D eigenvalue weighted by Crippen LogP contribution is -2.50. The summed E-state index contributed by atoms with van der Waals surface area (Å²) in [6.07, 6.45) is 3.61. The number of nitrogens with one attached hydrogen (secondary N) is 1. The smallest absolute Gasteiger partial charge is 0.320 e. The van der Waals surface area contributed by atoms with E-state index in [4.69, 9.17) is 0 Å². The van der Waals surface area contributed by atoms with Crippen molar-refractivity contribution in [2.24, 2.45) is 5.92 Å². The monoisotopic (exact) mass is 408 g/mol. The minimum absolute atomic E-state index is 0. The first-order valence-electron chi connectivity index (χ1n) is 10.1. The minimum Gasteiger partial charge on any atom is -0.342 e. The molecule has 2 aliphatic rings. The fourth-order valence-electron chi connectivity index (χ4n) is 4.13. The Labute approximate surface area is 174 Å². The van der Waals surface area contributed by atoms with Crippen LogP contribution >= 0.6 is 12.4 Å². The maximum atomic E-state index is 12.8. The van der Waals surface area contributed by atoms with Crippen LogP contribution in [0.1, 0.15) is 31.2 Å². The molecule has 0 aliphatic carbocycles. The van der Waals surface area contributed by atoms with Gasteiger partial charge in [-0.1, -0.05) is 30.3 Å². The van der Waals surface area contributed by atoms with Crippen molar-refractivity contribution in [1.82, 2.24) is 20.0 Å². The van der Waals surface area contributed by atoms with Crippen LogP contribution in [0.3, 0.4) is 0 Å². The molecule has 7 heteroatoms. The van der Waals surface area contributed by atoms with Gasteiger partial charge < -0.3 is 20.0 Å². The van der Waals surface area contributed by atoms with Crippen molar-refractivity contribution in [1.29, 1.82) is 0 Å². The largest absolute Gasteiger partial charge is 0.342 e. The van der Waals surface area contributed by atoms with Gasteiger partial charge >= 0.3 is 6.03 Å². The SMILES string of the molecule is CNC1CCN(C(=O)C2CCN(C(=O)N(C)Cc3ccccc3)CC2)CC1.Cl. The quantitative estimate of drug-likeness (QED) is 0.833. The van der Waals surface area contributed by atoms with Gasteiger partial charge in [-0.2, -0.15) is 0 Å². The summed E-state index contributed by atoms with van der Waals surface area (Å²) in [6, 6.07) is 10.6. The third kappa shape index (κ3) is 5.61. The van der Waals surface area contributed by atoms with E-state index in [1.807, 2.05) is 54.2 Å². The average Bonchev–Trinajstić information content (AvgIpc) is 2.73. The first-order chi connectivity index (χ1) is 13.1. The number of rotatable bonds is 4. The molecule has 2 saturated heterocycles. The van der Waals surface area contributed by atoms with Crippen molar-refractivity contribution < 1.29 is 9.59 Å². The van der Waals surface area contributed by atoms with E-state index in [-0.39, 0.29) is 30.3 Å². The van der Waals surface area contributed by atoms with Crippen molar-refractivity contribution in [3.05, 3.63) is 35.9 Å². The lowest BCUT2D eigenvalue weighted by atomic mass is 9.94. The molecule has 1 aromatic rings. The number of urea groups is 1. The number of amides is 3. The fraction of sp³-hybridized carbons (Fsp3) is 0.619. The minimum atomic E-state index is 0. The second-order valence-electron chi connectivity index (χ2n) is 7.77. The zero-order chi connectivity index (χ0) is 19.2. The number of piperidine rings is 2. The van der Waals surface area contributed by atoms with Gasteiger partial charge in [0, 0.05) is 51.7 Å². The Balaban J connectivity index is 0.00000280. The lowest BCUT2D eigenvalue weighted by Gasteiger charge is -2.38. The number of hydrogen-bond acceptors (Lipinski definition) is 3. The second kappa shape index (κ2) is 10.7. The maximum Gasteiger partial charge on any atom is 0.320 e. The molecule has 3 amide bonds. The van der Waals surface area contributed by atoms with Crippen LogP contribution in [0.4, 0.5) is 4.79 Å². The molecule has 1 aromatic carbocycles. The Morgan fingerprint density at radius 3 is 2.14 bits per heavy atom. The predicted molar refractivity (Wildman–Crippen MR) is 114 cm³/mol. The number of hydrogen-bond donors (Lipinski definition) is 1. The Kier molecular flexibility index (Phi) is 8.58. The number of benzene rings is 1. The van der Waals surface area contributed by atoms with Gasteiger partial charge in [-0.05, 0) is 38.3 Å². The molecule has 28 heavy (non-hydrogen) atoms. The number of carbonyl (C=O) groups is 2. The highest BCUT2D eigenvalue weighted by Gasteiger charge is 2.32. The van der Waals surface area contributed by atoms with Crippen molar-refractivity contribution in [2.45, 2.75) is 38.3 Å². The maximum absolute atomic E-state index is 12.8. The summed E-state index contributed by atoms with van der Waals surface area (Å²) >= 11 is 0. The molecule has 6 nitrogen and oxygen atoms in total. The molecule has 156 valence electrons. The third-order valence-electron chi connectivity index (χ3n) is 5.92. The Bertz CT molecular complexity index is 627. The molecule has 0 aromatic heterocycles. The summed E-state index contributed by atoms with van der Waals surface area (Å²) in [7, 11) is 3.84. The van der Waals surface area contributed by atoms with Crippen LogP contribution < -0.4 is 5.32 Å². The fourth-order valence-corrected chi connectivity index (χ4v) is 4.13. The summed E-state index contributed by atoms with van der Waals surface area (Å²) in [5.74, 6) is 0.355. The van der Waals surface area contributed by atoms with Crippen LogP contribution in [0.25, 0.3) is 0 Å². The molecule has 1 N–H and O–H groups in total. The van der Waals surface area contributed by atoms with Crippen molar-refractivity contribution >= 4 is 24.3 Å². The van der Waals surface area contributed by atoms with Crippen molar-refractivity contribution in [3.63, 3.8) is 0 Å². The van der Waals surface area contributed by atoms with Gasteiger partial charge in [0.25, 0.3) is 0 Å². The summed E-state index contributed by atoms with van der Waals surface area (Å²) in [5.41, 5.74) is 1.13. The van der Waals surface area contributed by atoms with Crippen LogP contribution in [0.2, 0.25) is 0 Å². The van der Waals surface area contributed by atoms with E-state index in [1.54, 1.807) is 4.90 Å². The van der Waals surface area contributed by atoms with Crippen LogP contribution in [-0.4, -0.2) is 73.0 Å². The van der Waals surface area contributed by atoms with E-state index in [0.29, 0.717) is 25.7 Å². The number of likely N-dealkylation sites (tertiary alicyclic amines) is 2. The average molecular weight is 409 g/mol. The first kappa shape index (κ1) is 22.5. The zero-order valence-electron chi connectivity index (χ0n) is 17.0. The summed E-state index contributed by atoms with van der Waals surface area (Å²) in [6.45, 7) is 3.65.